The number of alkyl carbamates (subject to hydrolysis) is 1. The number of hydrogen-bond donors (Lipinski definition) is 2. The Morgan fingerprint density at radius 1 is 1.00 bits per heavy atom. The van der Waals surface area contributed by atoms with Crippen LogP contribution in [0.25, 0.3) is 10.8 Å². The summed E-state index contributed by atoms with van der Waals surface area (Å²) in [5, 5.41) is 23.3. The summed E-state index contributed by atoms with van der Waals surface area (Å²) in [6, 6.07) is 13.8. The highest BCUT2D eigenvalue weighted by Gasteiger charge is 2.34. The molecule has 1 heterocycles. The Balaban J connectivity index is 1.31. The second-order valence-electron chi connectivity index (χ2n) is 10.1. The molecule has 2 amide bonds. The van der Waals surface area contributed by atoms with Gasteiger partial charge in [-0.25, -0.2) is 4.79 Å². The Bertz CT molecular complexity index is 1100. The van der Waals surface area contributed by atoms with E-state index in [1.54, 1.807) is 4.90 Å². The minimum atomic E-state index is -0.622. The number of carbonyl (C=O) groups excluding carboxylic acids is 2. The fraction of sp³-hybridized carbons (Fsp3) is 0.600. The topological polar surface area (TPSA) is 131 Å². The smallest absolute Gasteiger partial charge is 0.407 e. The van der Waals surface area contributed by atoms with Gasteiger partial charge in [0.05, 0.1) is 25.9 Å². The average molecular weight is 573 g/mol. The SMILES string of the molecule is CCOCCOCCOC(=O)NCCN(CCC1(C)N=N1)C(=O)CCCC[C@H](O)COc1cccc2ccccc12. The molecule has 3 rings (SSSR count). The van der Waals surface area contributed by atoms with Crippen LogP contribution in [0.3, 0.4) is 0 Å². The molecule has 2 N–H and O–H groups in total. The van der Waals surface area contributed by atoms with E-state index >= 15 is 0 Å². The van der Waals surface area contributed by atoms with Crippen molar-refractivity contribution in [1.29, 1.82) is 0 Å². The number of aliphatic hydroxyl groups excluding tert-OH is 1. The van der Waals surface area contributed by atoms with Gasteiger partial charge in [-0.2, -0.15) is 10.2 Å². The molecule has 1 atom stereocenters. The zero-order valence-electron chi connectivity index (χ0n) is 24.3. The van der Waals surface area contributed by atoms with Crippen LogP contribution in [-0.4, -0.2) is 93.0 Å². The van der Waals surface area contributed by atoms with Gasteiger partial charge in [0.2, 0.25) is 5.91 Å². The molecule has 0 unspecified atom stereocenters. The highest BCUT2D eigenvalue weighted by Crippen LogP contribution is 2.31. The Labute approximate surface area is 242 Å². The average Bonchev–Trinajstić information content (AvgIpc) is 3.72. The Morgan fingerprint density at radius 3 is 2.56 bits per heavy atom. The van der Waals surface area contributed by atoms with E-state index in [1.807, 2.05) is 56.3 Å². The van der Waals surface area contributed by atoms with Crippen molar-refractivity contribution < 1.29 is 33.6 Å². The van der Waals surface area contributed by atoms with Crippen molar-refractivity contribution in [2.75, 3.05) is 59.3 Å². The highest BCUT2D eigenvalue weighted by atomic mass is 16.6. The lowest BCUT2D eigenvalue weighted by molar-refractivity contribution is -0.131. The van der Waals surface area contributed by atoms with Crippen LogP contribution in [0.15, 0.2) is 52.7 Å². The number of fused-ring (bicyclic) bond motifs is 1. The zero-order valence-corrected chi connectivity index (χ0v) is 24.3. The fourth-order valence-corrected chi connectivity index (χ4v) is 4.20. The van der Waals surface area contributed by atoms with Gasteiger partial charge in [0.25, 0.3) is 0 Å². The van der Waals surface area contributed by atoms with Gasteiger partial charge in [0.1, 0.15) is 19.0 Å². The van der Waals surface area contributed by atoms with Gasteiger partial charge in [0, 0.05) is 44.5 Å². The molecule has 2 aromatic rings. The molecule has 0 radical (unpaired) electrons. The quantitative estimate of drug-likeness (QED) is 0.213. The molecule has 0 spiro atoms. The second kappa shape index (κ2) is 17.5. The van der Waals surface area contributed by atoms with E-state index in [0.29, 0.717) is 71.6 Å². The molecule has 0 bridgehead atoms. The minimum absolute atomic E-state index is 0.00592. The van der Waals surface area contributed by atoms with Crippen LogP contribution in [0.5, 0.6) is 5.75 Å². The summed E-state index contributed by atoms with van der Waals surface area (Å²) in [5.74, 6) is 0.743. The van der Waals surface area contributed by atoms with Crippen LogP contribution >= 0.6 is 0 Å². The lowest BCUT2D eigenvalue weighted by atomic mass is 10.1. The first kappa shape index (κ1) is 32.2. The molecule has 1 aliphatic rings. The third-order valence-electron chi connectivity index (χ3n) is 6.70. The normalized spacial score (nSPS) is 14.0. The van der Waals surface area contributed by atoms with Gasteiger partial charge in [0.15, 0.2) is 5.66 Å². The monoisotopic (exact) mass is 572 g/mol. The van der Waals surface area contributed by atoms with Gasteiger partial charge in [-0.05, 0) is 38.1 Å². The van der Waals surface area contributed by atoms with Crippen molar-refractivity contribution >= 4 is 22.8 Å². The van der Waals surface area contributed by atoms with E-state index < -0.39 is 17.9 Å². The summed E-state index contributed by atoms with van der Waals surface area (Å²) in [6.45, 7) is 7.17. The van der Waals surface area contributed by atoms with Crippen LogP contribution < -0.4 is 10.1 Å². The zero-order chi connectivity index (χ0) is 29.3. The van der Waals surface area contributed by atoms with Crippen LogP contribution in [0.1, 0.15) is 46.0 Å². The predicted molar refractivity (Wildman–Crippen MR) is 155 cm³/mol. The standard InChI is InChI=1S/C30H44N4O7/c1-3-38-19-20-39-21-22-40-29(37)31-16-18-34(17-15-30(2)32-33-30)28(36)14-7-5-11-25(35)23-41-27-13-8-10-24-9-4-6-12-26(24)27/h4,6,8-10,12-13,25,35H,3,5,7,11,14-23H2,1-2H3,(H,31,37)/t25-/m0/s1. The van der Waals surface area contributed by atoms with Crippen LogP contribution in [0.2, 0.25) is 0 Å². The first-order valence-corrected chi connectivity index (χ1v) is 14.5. The first-order valence-electron chi connectivity index (χ1n) is 14.5. The van der Waals surface area contributed by atoms with E-state index in [-0.39, 0.29) is 25.7 Å². The number of ether oxygens (including phenoxy) is 4. The molecule has 226 valence electrons. The summed E-state index contributed by atoms with van der Waals surface area (Å²) in [5.41, 5.74) is -0.415. The summed E-state index contributed by atoms with van der Waals surface area (Å²) in [6.07, 6.45) is 1.69. The predicted octanol–water partition coefficient (Wildman–Crippen LogP) is 4.32. The van der Waals surface area contributed by atoms with Crippen LogP contribution in [0.4, 0.5) is 4.79 Å². The van der Waals surface area contributed by atoms with Gasteiger partial charge in [-0.15, -0.1) is 0 Å². The molecule has 41 heavy (non-hydrogen) atoms. The maximum absolute atomic E-state index is 13.0. The van der Waals surface area contributed by atoms with Crippen molar-refractivity contribution in [2.24, 2.45) is 10.2 Å². The van der Waals surface area contributed by atoms with Crippen molar-refractivity contribution in [3.05, 3.63) is 42.5 Å². The third-order valence-corrected chi connectivity index (χ3v) is 6.70. The minimum Gasteiger partial charge on any atom is -0.490 e. The summed E-state index contributed by atoms with van der Waals surface area (Å²) in [7, 11) is 0. The van der Waals surface area contributed by atoms with E-state index in [2.05, 4.69) is 15.5 Å². The second-order valence-corrected chi connectivity index (χ2v) is 10.1. The number of unbranched alkanes of at least 4 members (excludes halogenated alkanes) is 1. The maximum atomic E-state index is 13.0. The molecule has 0 aromatic heterocycles. The molecule has 11 heteroatoms. The molecule has 2 aromatic carbocycles. The highest BCUT2D eigenvalue weighted by molar-refractivity contribution is 5.88. The summed E-state index contributed by atoms with van der Waals surface area (Å²) in [4.78, 5) is 26.6. The van der Waals surface area contributed by atoms with Crippen molar-refractivity contribution in [1.82, 2.24) is 10.2 Å². The lowest BCUT2D eigenvalue weighted by Gasteiger charge is -2.23. The number of hydrogen-bond acceptors (Lipinski definition) is 9. The molecule has 0 fully saturated rings. The van der Waals surface area contributed by atoms with Crippen LogP contribution in [-0.2, 0) is 19.0 Å². The van der Waals surface area contributed by atoms with E-state index in [9.17, 15) is 14.7 Å². The van der Waals surface area contributed by atoms with Crippen molar-refractivity contribution in [2.45, 2.75) is 57.7 Å². The number of amides is 2. The molecular formula is C30H44N4O7. The van der Waals surface area contributed by atoms with Crippen LogP contribution in [0, 0.1) is 0 Å². The molecule has 0 saturated carbocycles. The number of carbonyl (C=O) groups is 2. The molecule has 1 aliphatic heterocycles. The van der Waals surface area contributed by atoms with Gasteiger partial charge in [-0.1, -0.05) is 42.8 Å². The van der Waals surface area contributed by atoms with Gasteiger partial charge in [-0.3, -0.25) is 4.79 Å². The Hall–Kier alpha value is -3.28. The largest absolute Gasteiger partial charge is 0.490 e. The fourth-order valence-electron chi connectivity index (χ4n) is 4.20. The van der Waals surface area contributed by atoms with E-state index in [0.717, 1.165) is 16.5 Å². The Morgan fingerprint density at radius 2 is 1.76 bits per heavy atom. The number of benzene rings is 2. The lowest BCUT2D eigenvalue weighted by Crippen LogP contribution is -2.40. The summed E-state index contributed by atoms with van der Waals surface area (Å²) >= 11 is 0. The van der Waals surface area contributed by atoms with Crippen molar-refractivity contribution in [3.8, 4) is 5.75 Å². The van der Waals surface area contributed by atoms with E-state index in [1.165, 1.54) is 0 Å². The molecular weight excluding hydrogens is 528 g/mol. The number of aliphatic hydroxyl groups is 1. The summed E-state index contributed by atoms with van der Waals surface area (Å²) < 4.78 is 21.5. The van der Waals surface area contributed by atoms with Crippen molar-refractivity contribution in [3.63, 3.8) is 0 Å². The Kier molecular flexibility index (Phi) is 13.8. The number of rotatable bonds is 21. The number of nitrogens with one attached hydrogen (secondary N) is 1. The molecule has 0 aliphatic carbocycles. The third kappa shape index (κ3) is 12.4. The van der Waals surface area contributed by atoms with Gasteiger partial charge < -0.3 is 34.3 Å². The number of nitrogens with zero attached hydrogens (tertiary/aromatic N) is 3. The first-order chi connectivity index (χ1) is 19.9. The maximum Gasteiger partial charge on any atom is 0.407 e. The molecule has 0 saturated heterocycles. The molecule has 11 nitrogen and oxygen atoms in total. The van der Waals surface area contributed by atoms with Gasteiger partial charge >= 0.3 is 6.09 Å². The van der Waals surface area contributed by atoms with E-state index in [4.69, 9.17) is 18.9 Å².